The normalized spacial score (nSPS) is 10.5. The molecule has 7 rings (SSSR count). The topological polar surface area (TPSA) is 46.7 Å². The molecule has 0 N–H and O–H groups in total. The van der Waals surface area contributed by atoms with E-state index in [1.807, 2.05) is 54.6 Å². The van der Waals surface area contributed by atoms with Gasteiger partial charge in [-0.3, -0.25) is 4.57 Å². The maximum absolute atomic E-state index is 8.29. The molecule has 7 aromatic rings. The first-order valence-electron chi connectivity index (χ1n) is 11.6. The van der Waals surface area contributed by atoms with Gasteiger partial charge < -0.3 is 9.55 Å². The number of hydrogen-bond donors (Lipinski definition) is 0. The van der Waals surface area contributed by atoms with Gasteiger partial charge in [0.25, 0.3) is 6.33 Å². The van der Waals surface area contributed by atoms with Crippen molar-refractivity contribution in [2.75, 3.05) is 0 Å². The molecule has 2 heterocycles. The number of imidazole rings is 1. The molecular formula is C32H20N4Pt-2. The summed E-state index contributed by atoms with van der Waals surface area (Å²) in [7, 11) is 0. The molecule has 0 bridgehead atoms. The Kier molecular flexibility index (Phi) is 6.99. The third-order valence-electron chi connectivity index (χ3n) is 6.08. The Bertz CT molecular complexity index is 1840. The molecule has 0 unspecified atom stereocenters. The molecule has 180 valence electrons. The summed E-state index contributed by atoms with van der Waals surface area (Å²) in [6.45, 7) is 0. The second-order valence-corrected chi connectivity index (χ2v) is 8.29. The Morgan fingerprint density at radius 3 is 2.24 bits per heavy atom. The number of nitrogens with zero attached hydrogens (tertiary/aromatic N) is 4. The smallest absolute Gasteiger partial charge is 0.268 e. The number of hydrogen-bond acceptors (Lipinski definition) is 1. The summed E-state index contributed by atoms with van der Waals surface area (Å²) in [5.74, 6) is 0. The SMILES string of the molecule is N#Cc1ccccc1.[Pt].[c-]1ccccc1-n1[c-][n+](-c2cccc3c2[n-]c2ccccc23)c2ccccc21. The summed E-state index contributed by atoms with van der Waals surface area (Å²) in [6, 6.07) is 45.4. The van der Waals surface area contributed by atoms with E-state index in [0.29, 0.717) is 5.56 Å². The summed E-state index contributed by atoms with van der Waals surface area (Å²) in [6.07, 6.45) is 3.52. The third kappa shape index (κ3) is 4.58. The van der Waals surface area contributed by atoms with E-state index < -0.39 is 0 Å². The minimum absolute atomic E-state index is 0. The zero-order valence-corrected chi connectivity index (χ0v) is 21.9. The Morgan fingerprint density at radius 1 is 0.730 bits per heavy atom. The van der Waals surface area contributed by atoms with Crippen molar-refractivity contribution in [1.82, 2.24) is 9.55 Å². The zero-order chi connectivity index (χ0) is 24.3. The molecule has 0 fully saturated rings. The molecule has 0 saturated carbocycles. The van der Waals surface area contributed by atoms with Gasteiger partial charge in [0, 0.05) is 21.1 Å². The van der Waals surface area contributed by atoms with Gasteiger partial charge in [0.05, 0.1) is 28.4 Å². The van der Waals surface area contributed by atoms with Gasteiger partial charge in [-0.25, -0.2) is 0 Å². The van der Waals surface area contributed by atoms with E-state index in [9.17, 15) is 0 Å². The van der Waals surface area contributed by atoms with E-state index in [1.165, 1.54) is 5.39 Å². The van der Waals surface area contributed by atoms with Gasteiger partial charge in [0.15, 0.2) is 0 Å². The van der Waals surface area contributed by atoms with Crippen LogP contribution in [0.2, 0.25) is 0 Å². The zero-order valence-electron chi connectivity index (χ0n) is 19.7. The van der Waals surface area contributed by atoms with Crippen LogP contribution in [0.4, 0.5) is 0 Å². The van der Waals surface area contributed by atoms with E-state index in [1.54, 1.807) is 12.1 Å². The van der Waals surface area contributed by atoms with Crippen LogP contribution >= 0.6 is 0 Å². The molecule has 0 saturated heterocycles. The Labute approximate surface area is 229 Å². The first-order chi connectivity index (χ1) is 17.8. The predicted octanol–water partition coefficient (Wildman–Crippen LogP) is 6.33. The summed E-state index contributed by atoms with van der Waals surface area (Å²) in [5.41, 5.74) is 6.88. The van der Waals surface area contributed by atoms with Gasteiger partial charge in [0.1, 0.15) is 0 Å². The van der Waals surface area contributed by atoms with Gasteiger partial charge in [0.2, 0.25) is 0 Å². The van der Waals surface area contributed by atoms with Gasteiger partial charge in [-0.2, -0.15) is 35.6 Å². The number of para-hydroxylation sites is 5. The molecule has 0 radical (unpaired) electrons. The first kappa shape index (κ1) is 24.3. The average molecular weight is 656 g/mol. The van der Waals surface area contributed by atoms with Crippen LogP contribution < -0.4 is 9.55 Å². The van der Waals surface area contributed by atoms with Crippen LogP contribution in [0.5, 0.6) is 0 Å². The second kappa shape index (κ2) is 10.7. The van der Waals surface area contributed by atoms with Crippen molar-refractivity contribution in [2.24, 2.45) is 0 Å². The van der Waals surface area contributed by atoms with Crippen LogP contribution in [0.25, 0.3) is 44.2 Å². The minimum atomic E-state index is 0. The van der Waals surface area contributed by atoms with Crippen LogP contribution in [0.1, 0.15) is 5.56 Å². The van der Waals surface area contributed by atoms with Crippen LogP contribution in [0, 0.1) is 23.7 Å². The molecule has 0 aliphatic carbocycles. The van der Waals surface area contributed by atoms with Crippen molar-refractivity contribution >= 4 is 32.8 Å². The average Bonchev–Trinajstić information content (AvgIpc) is 3.53. The molecular weight excluding hydrogens is 635 g/mol. The monoisotopic (exact) mass is 655 g/mol. The molecule has 4 nitrogen and oxygen atoms in total. The number of nitriles is 1. The van der Waals surface area contributed by atoms with E-state index in [2.05, 4.69) is 82.2 Å². The molecule has 5 heteroatoms. The van der Waals surface area contributed by atoms with Crippen molar-refractivity contribution in [2.45, 2.75) is 0 Å². The van der Waals surface area contributed by atoms with Crippen LogP contribution in [-0.4, -0.2) is 4.57 Å². The molecule has 0 spiro atoms. The summed E-state index contributed by atoms with van der Waals surface area (Å²) in [5, 5.41) is 10.6. The summed E-state index contributed by atoms with van der Waals surface area (Å²) in [4.78, 5) is 4.92. The maximum Gasteiger partial charge on any atom is 0.268 e. The van der Waals surface area contributed by atoms with Gasteiger partial charge in [-0.05, 0) is 28.6 Å². The summed E-state index contributed by atoms with van der Waals surface area (Å²) < 4.78 is 4.15. The molecule has 2 aromatic heterocycles. The first-order valence-corrected chi connectivity index (χ1v) is 11.6. The van der Waals surface area contributed by atoms with Crippen molar-refractivity contribution in [3.8, 4) is 17.4 Å². The van der Waals surface area contributed by atoms with Crippen LogP contribution in [-0.2, 0) is 21.1 Å². The van der Waals surface area contributed by atoms with Crippen molar-refractivity contribution in [1.29, 1.82) is 5.26 Å². The van der Waals surface area contributed by atoms with Crippen molar-refractivity contribution in [3.63, 3.8) is 0 Å². The fraction of sp³-hybridized carbons (Fsp3) is 0. The maximum atomic E-state index is 8.29. The van der Waals surface area contributed by atoms with Crippen LogP contribution in [0.15, 0.2) is 121 Å². The second-order valence-electron chi connectivity index (χ2n) is 8.29. The largest absolute Gasteiger partial charge is 0.660 e. The van der Waals surface area contributed by atoms with E-state index in [0.717, 1.165) is 38.8 Å². The number of rotatable bonds is 2. The van der Waals surface area contributed by atoms with Crippen molar-refractivity contribution in [3.05, 3.63) is 139 Å². The number of aromatic nitrogens is 3. The minimum Gasteiger partial charge on any atom is -0.660 e. The van der Waals surface area contributed by atoms with E-state index in [4.69, 9.17) is 10.2 Å². The van der Waals surface area contributed by atoms with Crippen molar-refractivity contribution < 1.29 is 25.6 Å². The summed E-state index contributed by atoms with van der Waals surface area (Å²) >= 11 is 0. The fourth-order valence-corrected chi connectivity index (χ4v) is 4.42. The Hall–Kier alpha value is -4.45. The molecule has 0 aliphatic rings. The van der Waals surface area contributed by atoms with E-state index in [-0.39, 0.29) is 21.1 Å². The van der Waals surface area contributed by atoms with Crippen LogP contribution in [0.3, 0.4) is 0 Å². The van der Waals surface area contributed by atoms with Gasteiger partial charge in [-0.15, -0.1) is 11.0 Å². The van der Waals surface area contributed by atoms with E-state index >= 15 is 0 Å². The standard InChI is InChI=1S/C25H15N3.C7H5N.Pt/c1-2-9-18(10-3-1)27-17-28(23-15-7-6-14-22(23)27)24-16-8-12-20-19-11-4-5-13-21(19)26-25(20)24;8-6-7-4-2-1-3-5-7;/h1-9,11-16H;1-5H;/q-2;;. The molecule has 0 atom stereocenters. The molecule has 5 aromatic carbocycles. The van der Waals surface area contributed by atoms with Gasteiger partial charge in [-0.1, -0.05) is 84.9 Å². The van der Waals surface area contributed by atoms with Gasteiger partial charge >= 0.3 is 0 Å². The molecule has 0 aliphatic heterocycles. The quantitative estimate of drug-likeness (QED) is 0.162. The Morgan fingerprint density at radius 2 is 1.46 bits per heavy atom. The predicted molar refractivity (Wildman–Crippen MR) is 142 cm³/mol. The molecule has 0 amide bonds. The number of benzene rings is 5. The number of fused-ring (bicyclic) bond motifs is 4. The molecule has 37 heavy (non-hydrogen) atoms. The fourth-order valence-electron chi connectivity index (χ4n) is 4.42. The Balaban J connectivity index is 0.000000269. The third-order valence-corrected chi connectivity index (χ3v) is 6.08.